The summed E-state index contributed by atoms with van der Waals surface area (Å²) in [7, 11) is 3.87. The minimum atomic E-state index is 0.409. The summed E-state index contributed by atoms with van der Waals surface area (Å²) in [4.78, 5) is 2.31. The molecule has 0 saturated carbocycles. The third kappa shape index (κ3) is 5.96. The van der Waals surface area contributed by atoms with Gasteiger partial charge in [0.15, 0.2) is 0 Å². The molecule has 1 unspecified atom stereocenters. The number of nitrogens with one attached hydrogen (secondary N) is 1. The molecule has 0 aliphatic heterocycles. The van der Waals surface area contributed by atoms with Crippen LogP contribution in [0.4, 0.5) is 0 Å². The van der Waals surface area contributed by atoms with E-state index in [-0.39, 0.29) is 0 Å². The zero-order valence-electron chi connectivity index (χ0n) is 11.4. The van der Waals surface area contributed by atoms with Gasteiger partial charge in [0.05, 0.1) is 6.61 Å². The maximum Gasteiger partial charge on any atom is 0.0613 e. The molecule has 0 amide bonds. The SMILES string of the molecule is COCC(C)NCCN(C)Cc1ccccc1Br. The smallest absolute Gasteiger partial charge is 0.0613 e. The average Bonchev–Trinajstić information content (AvgIpc) is 2.32. The summed E-state index contributed by atoms with van der Waals surface area (Å²) in [6.07, 6.45) is 0. The number of benzene rings is 1. The average molecular weight is 315 g/mol. The second-order valence-electron chi connectivity index (χ2n) is 4.64. The topological polar surface area (TPSA) is 24.5 Å². The molecule has 1 atom stereocenters. The van der Waals surface area contributed by atoms with Gasteiger partial charge in [-0.3, -0.25) is 0 Å². The maximum atomic E-state index is 5.09. The molecule has 1 aromatic rings. The number of ether oxygens (including phenoxy) is 1. The van der Waals surface area contributed by atoms with Crippen LogP contribution in [0.1, 0.15) is 12.5 Å². The van der Waals surface area contributed by atoms with Gasteiger partial charge in [-0.25, -0.2) is 0 Å². The molecule has 18 heavy (non-hydrogen) atoms. The van der Waals surface area contributed by atoms with Crippen LogP contribution in [0, 0.1) is 0 Å². The van der Waals surface area contributed by atoms with E-state index in [0.717, 1.165) is 26.2 Å². The fourth-order valence-corrected chi connectivity index (χ4v) is 2.22. The van der Waals surface area contributed by atoms with Crippen LogP contribution < -0.4 is 5.32 Å². The first kappa shape index (κ1) is 15.6. The van der Waals surface area contributed by atoms with Crippen molar-refractivity contribution in [2.45, 2.75) is 19.5 Å². The molecule has 102 valence electrons. The molecule has 0 spiro atoms. The summed E-state index contributed by atoms with van der Waals surface area (Å²) >= 11 is 3.58. The highest BCUT2D eigenvalue weighted by Crippen LogP contribution is 2.16. The Labute approximate surface area is 119 Å². The zero-order valence-corrected chi connectivity index (χ0v) is 13.0. The molecule has 3 nitrogen and oxygen atoms in total. The first-order valence-corrected chi connectivity index (χ1v) is 7.07. The Balaban J connectivity index is 2.26. The van der Waals surface area contributed by atoms with Crippen molar-refractivity contribution in [2.24, 2.45) is 0 Å². The molecular weight excluding hydrogens is 292 g/mol. The standard InChI is InChI=1S/C14H23BrN2O/c1-12(11-18-3)16-8-9-17(2)10-13-6-4-5-7-14(13)15/h4-7,12,16H,8-11H2,1-3H3. The number of methoxy groups -OCH3 is 1. The highest BCUT2D eigenvalue weighted by Gasteiger charge is 2.04. The lowest BCUT2D eigenvalue weighted by atomic mass is 10.2. The summed E-state index contributed by atoms with van der Waals surface area (Å²) in [5, 5.41) is 3.44. The van der Waals surface area contributed by atoms with Gasteiger partial charge in [-0.1, -0.05) is 34.1 Å². The van der Waals surface area contributed by atoms with E-state index in [9.17, 15) is 0 Å². The van der Waals surface area contributed by atoms with Gasteiger partial charge in [0.1, 0.15) is 0 Å². The van der Waals surface area contributed by atoms with Crippen LogP contribution >= 0.6 is 15.9 Å². The van der Waals surface area contributed by atoms with Crippen LogP contribution in [0.5, 0.6) is 0 Å². The lowest BCUT2D eigenvalue weighted by Gasteiger charge is -2.19. The highest BCUT2D eigenvalue weighted by molar-refractivity contribution is 9.10. The molecule has 1 rings (SSSR count). The number of hydrogen-bond acceptors (Lipinski definition) is 3. The molecule has 0 saturated heterocycles. The summed E-state index contributed by atoms with van der Waals surface area (Å²) < 4.78 is 6.27. The monoisotopic (exact) mass is 314 g/mol. The largest absolute Gasteiger partial charge is 0.383 e. The summed E-state index contributed by atoms with van der Waals surface area (Å²) in [5.74, 6) is 0. The number of rotatable bonds is 8. The second-order valence-corrected chi connectivity index (χ2v) is 5.49. The number of nitrogens with zero attached hydrogens (tertiary/aromatic N) is 1. The van der Waals surface area contributed by atoms with Crippen LogP contribution in [0.3, 0.4) is 0 Å². The van der Waals surface area contributed by atoms with Gasteiger partial charge >= 0.3 is 0 Å². The third-order valence-corrected chi connectivity index (χ3v) is 3.57. The maximum absolute atomic E-state index is 5.09. The number of hydrogen-bond donors (Lipinski definition) is 1. The lowest BCUT2D eigenvalue weighted by Crippen LogP contribution is -2.36. The Morgan fingerprint density at radius 2 is 2.11 bits per heavy atom. The molecule has 0 radical (unpaired) electrons. The van der Waals surface area contributed by atoms with Crippen molar-refractivity contribution >= 4 is 15.9 Å². The van der Waals surface area contributed by atoms with E-state index in [4.69, 9.17) is 4.74 Å². The Kier molecular flexibility index (Phi) is 7.51. The lowest BCUT2D eigenvalue weighted by molar-refractivity contribution is 0.170. The van der Waals surface area contributed by atoms with Gasteiger partial charge in [-0.2, -0.15) is 0 Å². The quantitative estimate of drug-likeness (QED) is 0.798. The van der Waals surface area contributed by atoms with Crippen LogP contribution in [0.25, 0.3) is 0 Å². The fraction of sp³-hybridized carbons (Fsp3) is 0.571. The first-order chi connectivity index (χ1) is 8.63. The van der Waals surface area contributed by atoms with Crippen molar-refractivity contribution in [3.63, 3.8) is 0 Å². The van der Waals surface area contributed by atoms with Gasteiger partial charge in [0.2, 0.25) is 0 Å². The predicted molar refractivity (Wildman–Crippen MR) is 79.8 cm³/mol. The molecule has 0 aromatic heterocycles. The molecule has 4 heteroatoms. The molecule has 0 fully saturated rings. The Hall–Kier alpha value is -0.420. The van der Waals surface area contributed by atoms with E-state index in [1.807, 2.05) is 6.07 Å². The zero-order chi connectivity index (χ0) is 13.4. The van der Waals surface area contributed by atoms with Crippen molar-refractivity contribution in [3.05, 3.63) is 34.3 Å². The highest BCUT2D eigenvalue weighted by atomic mass is 79.9. The van der Waals surface area contributed by atoms with Crippen molar-refractivity contribution < 1.29 is 4.74 Å². The van der Waals surface area contributed by atoms with Crippen molar-refractivity contribution in [3.8, 4) is 0 Å². The van der Waals surface area contributed by atoms with Crippen LogP contribution in [0.15, 0.2) is 28.7 Å². The molecule has 0 bridgehead atoms. The van der Waals surface area contributed by atoms with Gasteiger partial charge in [-0.05, 0) is 25.6 Å². The van der Waals surface area contributed by atoms with Crippen molar-refractivity contribution in [1.82, 2.24) is 10.2 Å². The van der Waals surface area contributed by atoms with Gasteiger partial charge < -0.3 is 15.0 Å². The van der Waals surface area contributed by atoms with Gasteiger partial charge in [0.25, 0.3) is 0 Å². The van der Waals surface area contributed by atoms with E-state index in [1.54, 1.807) is 7.11 Å². The van der Waals surface area contributed by atoms with Crippen molar-refractivity contribution in [2.75, 3.05) is 33.9 Å². The molecule has 0 aliphatic carbocycles. The number of likely N-dealkylation sites (N-methyl/N-ethyl adjacent to an activating group) is 1. The Morgan fingerprint density at radius 3 is 2.78 bits per heavy atom. The molecule has 1 N–H and O–H groups in total. The molecular formula is C14H23BrN2O. The van der Waals surface area contributed by atoms with Crippen LogP contribution in [0.2, 0.25) is 0 Å². The predicted octanol–water partition coefficient (Wildman–Crippen LogP) is 2.51. The van der Waals surface area contributed by atoms with E-state index in [1.165, 1.54) is 10.0 Å². The first-order valence-electron chi connectivity index (χ1n) is 6.27. The van der Waals surface area contributed by atoms with E-state index >= 15 is 0 Å². The van der Waals surface area contributed by atoms with Gasteiger partial charge in [-0.15, -0.1) is 0 Å². The third-order valence-electron chi connectivity index (χ3n) is 2.80. The minimum absolute atomic E-state index is 0.409. The van der Waals surface area contributed by atoms with Gasteiger partial charge in [0, 0.05) is 37.3 Å². The van der Waals surface area contributed by atoms with E-state index in [2.05, 4.69) is 58.3 Å². The minimum Gasteiger partial charge on any atom is -0.383 e. The second kappa shape index (κ2) is 8.64. The van der Waals surface area contributed by atoms with Crippen molar-refractivity contribution in [1.29, 1.82) is 0 Å². The molecule has 1 aromatic carbocycles. The fourth-order valence-electron chi connectivity index (χ4n) is 1.81. The Bertz CT molecular complexity index is 346. The summed E-state index contributed by atoms with van der Waals surface area (Å²) in [6, 6.07) is 8.77. The summed E-state index contributed by atoms with van der Waals surface area (Å²) in [5.41, 5.74) is 1.32. The normalized spacial score (nSPS) is 12.9. The van der Waals surface area contributed by atoms with E-state index in [0.29, 0.717) is 6.04 Å². The molecule has 0 heterocycles. The van der Waals surface area contributed by atoms with E-state index < -0.39 is 0 Å². The van der Waals surface area contributed by atoms with Crippen LogP contribution in [-0.4, -0.2) is 44.8 Å². The molecule has 0 aliphatic rings. The number of halogens is 1. The summed E-state index contributed by atoms with van der Waals surface area (Å²) in [6.45, 7) is 5.86. The van der Waals surface area contributed by atoms with Crippen LogP contribution in [-0.2, 0) is 11.3 Å². The Morgan fingerprint density at radius 1 is 1.39 bits per heavy atom.